The third kappa shape index (κ3) is 41.7. The first-order valence-electron chi connectivity index (χ1n) is 34.5. The van der Waals surface area contributed by atoms with Crippen molar-refractivity contribution in [1.29, 1.82) is 0 Å². The molecule has 0 radical (unpaired) electrons. The molecule has 0 aliphatic carbocycles. The van der Waals surface area contributed by atoms with Crippen LogP contribution < -0.4 is 37.2 Å². The van der Waals surface area contributed by atoms with E-state index in [1.54, 1.807) is 69.2 Å². The van der Waals surface area contributed by atoms with Gasteiger partial charge >= 0.3 is 24.4 Å². The Balaban J connectivity index is 2.57. The van der Waals surface area contributed by atoms with E-state index in [0.29, 0.717) is 64.5 Å². The molecule has 8 atom stereocenters. The highest BCUT2D eigenvalue weighted by Gasteiger charge is 2.47. The van der Waals surface area contributed by atoms with Gasteiger partial charge in [-0.05, 0) is 120 Å². The largest absolute Gasteiger partial charge is 0.444 e. The fraction of sp³-hybridized carbons (Fsp3) is 0.896. The Kier molecular flexibility index (Phi) is 42.2. The molecule has 0 aromatic carbocycles. The summed E-state index contributed by atoms with van der Waals surface area (Å²) in [5.41, 5.74) is -3.18. The number of amides is 7. The van der Waals surface area contributed by atoms with Gasteiger partial charge < -0.3 is 81.3 Å². The van der Waals surface area contributed by atoms with Crippen molar-refractivity contribution in [1.82, 2.24) is 37.2 Å². The van der Waals surface area contributed by atoms with E-state index in [1.807, 2.05) is 13.8 Å². The number of alkyl carbamates (subject to hydrolysis) is 4. The van der Waals surface area contributed by atoms with Crippen molar-refractivity contribution >= 4 is 42.1 Å². The second kappa shape index (κ2) is 45.6. The first-order valence-corrected chi connectivity index (χ1v) is 34.5. The number of hydrogen-bond donors (Lipinski definition) is 11. The zero-order valence-electron chi connectivity index (χ0n) is 57.9. The molecule has 1 rings (SSSR count). The molecule has 7 amide bonds. The number of nitrogens with one attached hydrogen (secondary N) is 7. The van der Waals surface area contributed by atoms with E-state index in [-0.39, 0.29) is 42.9 Å². The van der Waals surface area contributed by atoms with Gasteiger partial charge in [0.05, 0.1) is 0 Å². The lowest BCUT2D eigenvalue weighted by atomic mass is 9.96. The van der Waals surface area contributed by atoms with Gasteiger partial charge in [-0.25, -0.2) is 19.2 Å². The van der Waals surface area contributed by atoms with Crippen LogP contribution in [0.5, 0.6) is 0 Å². The third-order valence-electron chi connectivity index (χ3n) is 15.6. The van der Waals surface area contributed by atoms with E-state index in [2.05, 4.69) is 44.1 Å². The Labute approximate surface area is 541 Å². The molecule has 0 aromatic heterocycles. The first-order chi connectivity index (χ1) is 42.3. The molecule has 23 nitrogen and oxygen atoms in total. The highest BCUT2D eigenvalue weighted by Crippen LogP contribution is 2.25. The SMILES string of the molecule is CCCCCCCCCCC(NC(=O)C1OC(O)C(O)C(O)C1O)C(=O)NCCCCCCCCCCCC(=O)NCCCCCCC(CNC(=O)OC(C)(C)CC(CCC)NC(=O)OC(C)(C)C)CNC(=O)OC(C)(C)CC(CCC)NC(=O)OC(C)(C)C. The summed E-state index contributed by atoms with van der Waals surface area (Å²) in [4.78, 5) is 90.9. The van der Waals surface area contributed by atoms with Gasteiger partial charge in [0, 0.05) is 57.5 Å². The van der Waals surface area contributed by atoms with Gasteiger partial charge in [-0.1, -0.05) is 149 Å². The van der Waals surface area contributed by atoms with Gasteiger partial charge in [0.25, 0.3) is 5.91 Å². The zero-order valence-corrected chi connectivity index (χ0v) is 57.9. The van der Waals surface area contributed by atoms with Crippen molar-refractivity contribution < 1.29 is 77.7 Å². The number of aliphatic hydroxyl groups is 4. The summed E-state index contributed by atoms with van der Waals surface area (Å²) in [6.45, 7) is 25.7. The summed E-state index contributed by atoms with van der Waals surface area (Å²) in [6.07, 6.45) is 14.7. The van der Waals surface area contributed by atoms with Crippen molar-refractivity contribution in [3.05, 3.63) is 0 Å². The second-order valence-corrected chi connectivity index (χ2v) is 28.1. The maximum absolute atomic E-state index is 13.3. The van der Waals surface area contributed by atoms with Gasteiger partial charge in [0.2, 0.25) is 11.8 Å². The normalized spacial score (nSPS) is 18.4. The number of aliphatic hydroxyl groups excluding tert-OH is 4. The number of carbonyl (C=O) groups excluding carboxylic acids is 7. The van der Waals surface area contributed by atoms with Crippen molar-refractivity contribution in [2.24, 2.45) is 5.92 Å². The summed E-state index contributed by atoms with van der Waals surface area (Å²) in [7, 11) is 0. The molecule has 90 heavy (non-hydrogen) atoms. The van der Waals surface area contributed by atoms with Gasteiger partial charge in [-0.15, -0.1) is 0 Å². The Hall–Kier alpha value is -4.71. The van der Waals surface area contributed by atoms with Crippen LogP contribution in [-0.2, 0) is 38.1 Å². The van der Waals surface area contributed by atoms with Crippen LogP contribution in [0, 0.1) is 5.92 Å². The Morgan fingerprint density at radius 3 is 1.28 bits per heavy atom. The van der Waals surface area contributed by atoms with Gasteiger partial charge in [0.15, 0.2) is 12.4 Å². The maximum Gasteiger partial charge on any atom is 0.407 e. The molecule has 1 aliphatic heterocycles. The fourth-order valence-corrected chi connectivity index (χ4v) is 11.0. The summed E-state index contributed by atoms with van der Waals surface area (Å²) >= 11 is 0. The average molecular weight is 1290 g/mol. The van der Waals surface area contributed by atoms with E-state index < -0.39 is 89.4 Å². The molecule has 23 heteroatoms. The summed E-state index contributed by atoms with van der Waals surface area (Å²) in [5.74, 6) is -1.31. The quantitative estimate of drug-likeness (QED) is 0.0199. The third-order valence-corrected chi connectivity index (χ3v) is 15.6. The van der Waals surface area contributed by atoms with E-state index >= 15 is 0 Å². The molecule has 0 aromatic rings. The van der Waals surface area contributed by atoms with E-state index in [9.17, 15) is 54.0 Å². The van der Waals surface area contributed by atoms with E-state index in [0.717, 1.165) is 116 Å². The molecule has 1 saturated heterocycles. The van der Waals surface area contributed by atoms with Crippen molar-refractivity contribution in [2.75, 3.05) is 26.2 Å². The number of rotatable bonds is 47. The minimum atomic E-state index is -1.86. The standard InChI is InChI=1S/C67H127N7O16/c1-14-17-18-19-20-24-27-33-40-51(74-58(80)56-54(77)53(76)55(78)59(81)86-56)57(79)69-43-36-30-26-23-21-22-25-28-34-41-52(75)68-42-35-31-29-32-39-48(46-70-60(82)89-66(10,11)44-49(37-15-2)72-62(84)87-64(4,5)6)47-71-61(83)90-67(12,13)45-50(38-16-3)73-63(85)88-65(7,8)9/h48-51,53-56,59,76-78,81H,14-47H2,1-13H3,(H,68,75)(H,69,79)(H,70,82)(H,71,83)(H,72,84)(H,73,85)(H,74,80). The highest BCUT2D eigenvalue weighted by molar-refractivity contribution is 5.89. The van der Waals surface area contributed by atoms with E-state index in [1.165, 1.54) is 25.7 Å². The summed E-state index contributed by atoms with van der Waals surface area (Å²) in [5, 5.41) is 60.5. The van der Waals surface area contributed by atoms with Crippen molar-refractivity contribution in [2.45, 2.75) is 354 Å². The van der Waals surface area contributed by atoms with Gasteiger partial charge in [-0.2, -0.15) is 0 Å². The van der Waals surface area contributed by atoms with Crippen LogP contribution in [0.1, 0.15) is 283 Å². The molecule has 0 bridgehead atoms. The Morgan fingerprint density at radius 1 is 0.422 bits per heavy atom. The smallest absolute Gasteiger partial charge is 0.407 e. The predicted octanol–water partition coefficient (Wildman–Crippen LogP) is 10.7. The predicted molar refractivity (Wildman–Crippen MR) is 349 cm³/mol. The van der Waals surface area contributed by atoms with E-state index in [4.69, 9.17) is 23.7 Å². The first kappa shape index (κ1) is 83.3. The Morgan fingerprint density at radius 2 is 0.833 bits per heavy atom. The molecular formula is C67H127N7O16. The highest BCUT2D eigenvalue weighted by atomic mass is 16.6. The minimum absolute atomic E-state index is 0.0455. The van der Waals surface area contributed by atoms with Gasteiger partial charge in [0.1, 0.15) is 46.8 Å². The van der Waals surface area contributed by atoms with Gasteiger partial charge in [-0.3, -0.25) is 14.4 Å². The molecule has 8 unspecified atom stereocenters. The Bertz CT molecular complexity index is 1950. The van der Waals surface area contributed by atoms with Crippen molar-refractivity contribution in [3.8, 4) is 0 Å². The van der Waals surface area contributed by atoms with Crippen LogP contribution in [0.3, 0.4) is 0 Å². The number of hydrogen-bond acceptors (Lipinski definition) is 16. The summed E-state index contributed by atoms with van der Waals surface area (Å²) < 4.78 is 27.8. The van der Waals surface area contributed by atoms with Crippen LogP contribution in [0.4, 0.5) is 19.2 Å². The average Bonchev–Trinajstić information content (AvgIpc) is 1.84. The number of unbranched alkanes of at least 4 members (excludes halogenated alkanes) is 18. The monoisotopic (exact) mass is 1290 g/mol. The van der Waals surface area contributed by atoms with Crippen molar-refractivity contribution in [3.63, 3.8) is 0 Å². The molecular weight excluding hydrogens is 1160 g/mol. The minimum Gasteiger partial charge on any atom is -0.444 e. The molecule has 0 spiro atoms. The zero-order chi connectivity index (χ0) is 67.8. The molecule has 1 fully saturated rings. The maximum atomic E-state index is 13.3. The lowest BCUT2D eigenvalue weighted by molar-refractivity contribution is -0.275. The molecule has 0 saturated carbocycles. The molecule has 1 aliphatic rings. The number of carbonyl (C=O) groups is 7. The lowest BCUT2D eigenvalue weighted by Crippen LogP contribution is -2.63. The van der Waals surface area contributed by atoms with Crippen LogP contribution in [0.2, 0.25) is 0 Å². The summed E-state index contributed by atoms with van der Waals surface area (Å²) in [6, 6.07) is -1.46. The molecule has 1 heterocycles. The molecule has 526 valence electrons. The molecule has 11 N–H and O–H groups in total. The van der Waals surface area contributed by atoms with Crippen LogP contribution in [0.15, 0.2) is 0 Å². The number of ether oxygens (including phenoxy) is 5. The van der Waals surface area contributed by atoms with Crippen LogP contribution in [0.25, 0.3) is 0 Å². The second-order valence-electron chi connectivity index (χ2n) is 28.1. The lowest BCUT2D eigenvalue weighted by Gasteiger charge is -2.37. The van der Waals surface area contributed by atoms with Crippen LogP contribution >= 0.6 is 0 Å². The topological polar surface area (TPSA) is 331 Å². The fourth-order valence-electron chi connectivity index (χ4n) is 11.0. The van der Waals surface area contributed by atoms with Crippen LogP contribution in [-0.4, -0.2) is 160 Å².